The third-order valence-corrected chi connectivity index (χ3v) is 3.23. The van der Waals surface area contributed by atoms with Crippen molar-refractivity contribution in [3.63, 3.8) is 0 Å². The highest BCUT2D eigenvalue weighted by molar-refractivity contribution is 9.10. The molecule has 1 heterocycles. The average Bonchev–Trinajstić information content (AvgIpc) is 2.53. The highest BCUT2D eigenvalue weighted by Gasteiger charge is 2.00. The van der Waals surface area contributed by atoms with Gasteiger partial charge in [-0.1, -0.05) is 42.5 Å². The third kappa shape index (κ3) is 5.21. The average molecular weight is 363 g/mol. The third-order valence-electron chi connectivity index (χ3n) is 2.77. The molecule has 2 rings (SSSR count). The summed E-state index contributed by atoms with van der Waals surface area (Å²) < 4.78 is 5.84. The number of hydrogen-bond donors (Lipinski definition) is 2. The fourth-order valence-corrected chi connectivity index (χ4v) is 2.06. The maximum atomic E-state index is 11.5. The van der Waals surface area contributed by atoms with Gasteiger partial charge in [0, 0.05) is 22.8 Å². The van der Waals surface area contributed by atoms with Gasteiger partial charge in [-0.2, -0.15) is 0 Å². The Hall–Kier alpha value is -2.34. The van der Waals surface area contributed by atoms with Gasteiger partial charge in [0.25, 0.3) is 5.56 Å². The minimum Gasteiger partial charge on any atom is -0.445 e. The molecule has 0 atom stereocenters. The van der Waals surface area contributed by atoms with Crippen LogP contribution in [0.4, 0.5) is 4.79 Å². The second-order valence-corrected chi connectivity index (χ2v) is 5.36. The quantitative estimate of drug-likeness (QED) is 0.858. The SMILES string of the molecule is O=C(NCC=Cc1cc(Br)c[nH]c1=O)OCc1ccccc1. The van der Waals surface area contributed by atoms with Crippen LogP contribution in [0.1, 0.15) is 11.1 Å². The largest absolute Gasteiger partial charge is 0.445 e. The van der Waals surface area contributed by atoms with Crippen molar-refractivity contribution >= 4 is 28.1 Å². The molecule has 1 aromatic carbocycles. The number of aromatic amines is 1. The van der Waals surface area contributed by atoms with Gasteiger partial charge < -0.3 is 15.0 Å². The number of nitrogens with one attached hydrogen (secondary N) is 2. The van der Waals surface area contributed by atoms with Crippen molar-refractivity contribution in [1.29, 1.82) is 0 Å². The van der Waals surface area contributed by atoms with Crippen LogP contribution in [0.25, 0.3) is 6.08 Å². The Kier molecular flexibility index (Phi) is 5.97. The van der Waals surface area contributed by atoms with Crippen molar-refractivity contribution in [1.82, 2.24) is 10.3 Å². The molecule has 0 saturated heterocycles. The smallest absolute Gasteiger partial charge is 0.407 e. The van der Waals surface area contributed by atoms with E-state index in [2.05, 4.69) is 26.2 Å². The van der Waals surface area contributed by atoms with Gasteiger partial charge in [-0.15, -0.1) is 0 Å². The summed E-state index contributed by atoms with van der Waals surface area (Å²) in [4.78, 5) is 25.6. The summed E-state index contributed by atoms with van der Waals surface area (Å²) in [5.74, 6) is 0. The van der Waals surface area contributed by atoms with Crippen molar-refractivity contribution in [2.75, 3.05) is 6.54 Å². The number of H-pyrrole nitrogens is 1. The van der Waals surface area contributed by atoms with E-state index >= 15 is 0 Å². The Morgan fingerprint density at radius 3 is 2.86 bits per heavy atom. The summed E-state index contributed by atoms with van der Waals surface area (Å²) in [6.07, 6.45) is 4.39. The summed E-state index contributed by atoms with van der Waals surface area (Å²) in [6, 6.07) is 11.1. The van der Waals surface area contributed by atoms with Crippen molar-refractivity contribution < 1.29 is 9.53 Å². The molecular weight excluding hydrogens is 348 g/mol. The molecule has 0 aliphatic heterocycles. The van der Waals surface area contributed by atoms with Gasteiger partial charge in [0.1, 0.15) is 6.61 Å². The lowest BCUT2D eigenvalue weighted by Gasteiger charge is -2.05. The molecule has 0 aliphatic rings. The first-order valence-corrected chi connectivity index (χ1v) is 7.44. The highest BCUT2D eigenvalue weighted by Crippen LogP contribution is 2.07. The molecule has 0 bridgehead atoms. The number of ether oxygens (including phenoxy) is 1. The highest BCUT2D eigenvalue weighted by atomic mass is 79.9. The molecule has 114 valence electrons. The molecular formula is C16H15BrN2O3. The molecule has 0 radical (unpaired) electrons. The minimum atomic E-state index is -0.503. The molecule has 0 fully saturated rings. The lowest BCUT2D eigenvalue weighted by atomic mass is 10.2. The van der Waals surface area contributed by atoms with Crippen LogP contribution in [0.15, 0.2) is 57.9 Å². The number of aromatic nitrogens is 1. The summed E-state index contributed by atoms with van der Waals surface area (Å²) >= 11 is 3.28. The van der Waals surface area contributed by atoms with E-state index in [4.69, 9.17) is 4.74 Å². The lowest BCUT2D eigenvalue weighted by molar-refractivity contribution is 0.141. The van der Waals surface area contributed by atoms with E-state index in [0.717, 1.165) is 10.0 Å². The van der Waals surface area contributed by atoms with Crippen molar-refractivity contribution in [3.8, 4) is 0 Å². The van der Waals surface area contributed by atoms with Crippen LogP contribution < -0.4 is 10.9 Å². The minimum absolute atomic E-state index is 0.189. The van der Waals surface area contributed by atoms with Gasteiger partial charge >= 0.3 is 6.09 Å². The molecule has 0 aliphatic carbocycles. The number of hydrogen-bond acceptors (Lipinski definition) is 3. The van der Waals surface area contributed by atoms with Crippen LogP contribution in [0.2, 0.25) is 0 Å². The predicted octanol–water partition coefficient (Wildman–Crippen LogP) is 3.08. The number of rotatable bonds is 5. The molecule has 0 saturated carbocycles. The van der Waals surface area contributed by atoms with E-state index < -0.39 is 6.09 Å². The number of alkyl carbamates (subject to hydrolysis) is 1. The lowest BCUT2D eigenvalue weighted by Crippen LogP contribution is -2.24. The number of carbonyl (C=O) groups is 1. The van der Waals surface area contributed by atoms with Crippen LogP contribution in [0, 0.1) is 0 Å². The first-order valence-electron chi connectivity index (χ1n) is 6.64. The topological polar surface area (TPSA) is 71.2 Å². The number of amides is 1. The Bertz CT molecular complexity index is 711. The molecule has 6 heteroatoms. The summed E-state index contributed by atoms with van der Waals surface area (Å²) in [5.41, 5.74) is 1.24. The van der Waals surface area contributed by atoms with Crippen LogP contribution in [0.5, 0.6) is 0 Å². The molecule has 2 aromatic rings. The second-order valence-electron chi connectivity index (χ2n) is 4.45. The summed E-state index contributed by atoms with van der Waals surface area (Å²) in [5, 5.41) is 2.59. The first-order chi connectivity index (χ1) is 10.6. The molecule has 1 aromatic heterocycles. The van der Waals surface area contributed by atoms with Gasteiger partial charge in [-0.25, -0.2) is 4.79 Å². The summed E-state index contributed by atoms with van der Waals surface area (Å²) in [7, 11) is 0. The zero-order valence-corrected chi connectivity index (χ0v) is 13.3. The Labute approximate surface area is 136 Å². The van der Waals surface area contributed by atoms with Crippen LogP contribution in [0.3, 0.4) is 0 Å². The molecule has 5 nitrogen and oxygen atoms in total. The molecule has 2 N–H and O–H groups in total. The van der Waals surface area contributed by atoms with Crippen molar-refractivity contribution in [3.05, 3.63) is 74.6 Å². The maximum absolute atomic E-state index is 11.5. The maximum Gasteiger partial charge on any atom is 0.407 e. The Balaban J connectivity index is 1.76. The Morgan fingerprint density at radius 2 is 2.09 bits per heavy atom. The number of benzene rings is 1. The van der Waals surface area contributed by atoms with Gasteiger partial charge in [0.15, 0.2) is 0 Å². The predicted molar refractivity (Wildman–Crippen MR) is 88.4 cm³/mol. The molecule has 0 spiro atoms. The van der Waals surface area contributed by atoms with Crippen molar-refractivity contribution in [2.24, 2.45) is 0 Å². The zero-order chi connectivity index (χ0) is 15.8. The molecule has 0 unspecified atom stereocenters. The van der Waals surface area contributed by atoms with Gasteiger partial charge in [0.05, 0.1) is 0 Å². The fraction of sp³-hybridized carbons (Fsp3) is 0.125. The second kappa shape index (κ2) is 8.19. The van der Waals surface area contributed by atoms with E-state index in [1.807, 2.05) is 30.3 Å². The summed E-state index contributed by atoms with van der Waals surface area (Å²) in [6.45, 7) is 0.501. The Morgan fingerprint density at radius 1 is 1.32 bits per heavy atom. The van der Waals surface area contributed by atoms with E-state index in [1.54, 1.807) is 24.4 Å². The van der Waals surface area contributed by atoms with E-state index in [-0.39, 0.29) is 18.7 Å². The van der Waals surface area contributed by atoms with E-state index in [9.17, 15) is 9.59 Å². The number of halogens is 1. The molecule has 1 amide bonds. The first kappa shape index (κ1) is 16.0. The molecule has 22 heavy (non-hydrogen) atoms. The standard InChI is InChI=1S/C16H15BrN2O3/c17-14-9-13(15(20)19-10-14)7-4-8-18-16(21)22-11-12-5-2-1-3-6-12/h1-7,9-10H,8,11H2,(H,18,21)(H,19,20). The zero-order valence-electron chi connectivity index (χ0n) is 11.7. The van der Waals surface area contributed by atoms with Crippen molar-refractivity contribution in [2.45, 2.75) is 6.61 Å². The van der Waals surface area contributed by atoms with Crippen LogP contribution >= 0.6 is 15.9 Å². The van der Waals surface area contributed by atoms with Crippen LogP contribution in [-0.4, -0.2) is 17.6 Å². The van der Waals surface area contributed by atoms with E-state index in [0.29, 0.717) is 5.56 Å². The van der Waals surface area contributed by atoms with E-state index in [1.165, 1.54) is 0 Å². The van der Waals surface area contributed by atoms with Gasteiger partial charge in [-0.05, 0) is 27.6 Å². The number of carbonyl (C=O) groups excluding carboxylic acids is 1. The fourth-order valence-electron chi connectivity index (χ4n) is 1.70. The van der Waals surface area contributed by atoms with Gasteiger partial charge in [0.2, 0.25) is 0 Å². The van der Waals surface area contributed by atoms with Gasteiger partial charge in [-0.3, -0.25) is 4.79 Å². The number of pyridine rings is 1. The normalized spacial score (nSPS) is 10.6. The van der Waals surface area contributed by atoms with Crippen LogP contribution in [-0.2, 0) is 11.3 Å². The monoisotopic (exact) mass is 362 g/mol.